The Bertz CT molecular complexity index is 891. The number of benzene rings is 2. The lowest BCUT2D eigenvalue weighted by molar-refractivity contribution is 0.0671. The molecule has 5 nitrogen and oxygen atoms in total. The molecule has 2 fully saturated rings. The molecule has 1 aliphatic carbocycles. The first kappa shape index (κ1) is 21.0. The van der Waals surface area contributed by atoms with Crippen LogP contribution in [0.4, 0.5) is 9.18 Å². The average Bonchev–Trinajstić information content (AvgIpc) is 3.39. The zero-order valence-corrected chi connectivity index (χ0v) is 17.9. The van der Waals surface area contributed by atoms with Crippen LogP contribution < -0.4 is 9.92 Å². The molecule has 0 spiro atoms. The smallest absolute Gasteiger partial charge is 0.410 e. The fraction of sp³-hybridized carbons (Fsp3) is 0.435. The molecule has 0 radical (unpaired) electrons. The zero-order chi connectivity index (χ0) is 21.1. The molecule has 2 aromatic rings. The Balaban J connectivity index is 1.53. The summed E-state index contributed by atoms with van der Waals surface area (Å²) in [6, 6.07) is 15.8. The van der Waals surface area contributed by atoms with Crippen LogP contribution in [0.3, 0.4) is 0 Å². The van der Waals surface area contributed by atoms with Gasteiger partial charge in [0.1, 0.15) is 18.0 Å². The summed E-state index contributed by atoms with van der Waals surface area (Å²) in [5, 5.41) is 0. The molecule has 0 bridgehead atoms. The van der Waals surface area contributed by atoms with Crippen LogP contribution in [-0.4, -0.2) is 48.2 Å². The first-order valence-corrected chi connectivity index (χ1v) is 11.4. The Morgan fingerprint density at radius 1 is 1.23 bits per heavy atom. The fourth-order valence-electron chi connectivity index (χ4n) is 3.88. The SMILES string of the molecule is CSOc1cc(CC2C(N)CCN2C(=O)OCC2(F)CC2)cc(-c2ccccc2)c1. The Morgan fingerprint density at radius 2 is 2.00 bits per heavy atom. The number of carbonyl (C=O) groups is 1. The van der Waals surface area contributed by atoms with Crippen LogP contribution in [0.2, 0.25) is 0 Å². The maximum Gasteiger partial charge on any atom is 0.410 e. The summed E-state index contributed by atoms with van der Waals surface area (Å²) >= 11 is 1.29. The van der Waals surface area contributed by atoms with Crippen molar-refractivity contribution < 1.29 is 18.1 Å². The van der Waals surface area contributed by atoms with Crippen molar-refractivity contribution in [1.29, 1.82) is 0 Å². The van der Waals surface area contributed by atoms with Gasteiger partial charge in [0.2, 0.25) is 0 Å². The van der Waals surface area contributed by atoms with E-state index in [1.165, 1.54) is 12.0 Å². The minimum Gasteiger partial charge on any atom is -0.446 e. The Morgan fingerprint density at radius 3 is 2.70 bits per heavy atom. The van der Waals surface area contributed by atoms with Crippen molar-refractivity contribution >= 4 is 18.1 Å². The van der Waals surface area contributed by atoms with Gasteiger partial charge < -0.3 is 19.6 Å². The van der Waals surface area contributed by atoms with Gasteiger partial charge in [-0.2, -0.15) is 0 Å². The molecule has 4 rings (SSSR count). The van der Waals surface area contributed by atoms with Gasteiger partial charge >= 0.3 is 6.09 Å². The molecule has 2 N–H and O–H groups in total. The van der Waals surface area contributed by atoms with E-state index < -0.39 is 11.8 Å². The molecule has 30 heavy (non-hydrogen) atoms. The van der Waals surface area contributed by atoms with Gasteiger partial charge in [0.25, 0.3) is 0 Å². The summed E-state index contributed by atoms with van der Waals surface area (Å²) < 4.78 is 24.8. The molecule has 2 aliphatic rings. The minimum absolute atomic E-state index is 0.150. The second-order valence-electron chi connectivity index (χ2n) is 8.10. The van der Waals surface area contributed by atoms with Crippen LogP contribution in [0.15, 0.2) is 48.5 Å². The molecule has 1 saturated carbocycles. The van der Waals surface area contributed by atoms with Crippen molar-refractivity contribution in [2.75, 3.05) is 19.4 Å². The number of hydrogen-bond acceptors (Lipinski definition) is 5. The van der Waals surface area contributed by atoms with E-state index >= 15 is 0 Å². The number of hydrogen-bond donors (Lipinski definition) is 1. The lowest BCUT2D eigenvalue weighted by atomic mass is 9.96. The number of halogens is 1. The molecule has 2 atom stereocenters. The molecule has 160 valence electrons. The molecule has 2 unspecified atom stereocenters. The summed E-state index contributed by atoms with van der Waals surface area (Å²) in [6.07, 6.45) is 3.62. The van der Waals surface area contributed by atoms with Crippen LogP contribution >= 0.6 is 12.0 Å². The summed E-state index contributed by atoms with van der Waals surface area (Å²) in [5.74, 6) is 0.757. The van der Waals surface area contributed by atoms with E-state index in [9.17, 15) is 9.18 Å². The van der Waals surface area contributed by atoms with Gasteiger partial charge in [0.15, 0.2) is 0 Å². The molecular formula is C23H27FN2O3S. The first-order valence-electron chi connectivity index (χ1n) is 10.3. The second-order valence-corrected chi connectivity index (χ2v) is 8.60. The highest BCUT2D eigenvalue weighted by atomic mass is 32.2. The molecule has 1 amide bonds. The number of alkyl halides is 1. The van der Waals surface area contributed by atoms with E-state index in [2.05, 4.69) is 18.2 Å². The third kappa shape index (κ3) is 4.90. The highest BCUT2D eigenvalue weighted by Gasteiger charge is 2.45. The van der Waals surface area contributed by atoms with E-state index in [1.807, 2.05) is 36.6 Å². The van der Waals surface area contributed by atoms with Crippen LogP contribution in [-0.2, 0) is 11.2 Å². The molecule has 7 heteroatoms. The highest BCUT2D eigenvalue weighted by molar-refractivity contribution is 7.94. The maximum absolute atomic E-state index is 13.9. The van der Waals surface area contributed by atoms with Gasteiger partial charge in [-0.05, 0) is 54.5 Å². The number of rotatable bonds is 7. The van der Waals surface area contributed by atoms with Crippen molar-refractivity contribution in [2.45, 2.75) is 43.4 Å². The van der Waals surface area contributed by atoms with E-state index in [0.29, 0.717) is 32.2 Å². The molecular weight excluding hydrogens is 403 g/mol. The number of nitrogens with two attached hydrogens (primary N) is 1. The van der Waals surface area contributed by atoms with Crippen LogP contribution in [0, 0.1) is 0 Å². The number of carbonyl (C=O) groups excluding carboxylic acids is 1. The summed E-state index contributed by atoms with van der Waals surface area (Å²) in [5.41, 5.74) is 8.19. The van der Waals surface area contributed by atoms with Crippen LogP contribution in [0.5, 0.6) is 5.75 Å². The highest BCUT2D eigenvalue weighted by Crippen LogP contribution is 2.40. The molecule has 1 heterocycles. The van der Waals surface area contributed by atoms with Crippen LogP contribution in [0.25, 0.3) is 11.1 Å². The largest absolute Gasteiger partial charge is 0.446 e. The molecule has 2 aromatic carbocycles. The van der Waals surface area contributed by atoms with Crippen molar-refractivity contribution in [2.24, 2.45) is 5.73 Å². The van der Waals surface area contributed by atoms with Crippen molar-refractivity contribution in [3.05, 3.63) is 54.1 Å². The standard InChI is InChI=1S/C23H27FN2O3S/c1-30-29-19-12-16(11-18(14-19)17-5-3-2-4-6-17)13-21-20(25)7-10-26(21)22(27)28-15-23(24)8-9-23/h2-6,11-12,14,20-21H,7-10,13,15,25H2,1H3. The van der Waals surface area contributed by atoms with Crippen molar-refractivity contribution in [3.8, 4) is 16.9 Å². The zero-order valence-electron chi connectivity index (χ0n) is 17.1. The van der Waals surface area contributed by atoms with Gasteiger partial charge in [0, 0.05) is 18.8 Å². The monoisotopic (exact) mass is 430 g/mol. The number of nitrogens with zero attached hydrogens (tertiary/aromatic N) is 1. The number of likely N-dealkylation sites (tertiary alicyclic amines) is 1. The maximum atomic E-state index is 13.9. The Labute approximate surface area is 180 Å². The Hall–Kier alpha value is -2.25. The predicted octanol–water partition coefficient (Wildman–Crippen LogP) is 4.59. The van der Waals surface area contributed by atoms with Crippen LogP contribution in [0.1, 0.15) is 24.8 Å². The topological polar surface area (TPSA) is 64.8 Å². The second kappa shape index (κ2) is 8.86. The quantitative estimate of drug-likeness (QED) is 0.651. The van der Waals surface area contributed by atoms with Gasteiger partial charge in [0.05, 0.1) is 18.1 Å². The fourth-order valence-corrected chi connectivity index (χ4v) is 4.17. The first-order chi connectivity index (χ1) is 14.5. The van der Waals surface area contributed by atoms with Gasteiger partial charge in [-0.3, -0.25) is 0 Å². The number of amides is 1. The summed E-state index contributed by atoms with van der Waals surface area (Å²) in [7, 11) is 0. The lowest BCUT2D eigenvalue weighted by Gasteiger charge is -2.27. The van der Waals surface area contributed by atoms with E-state index in [0.717, 1.165) is 22.4 Å². The van der Waals surface area contributed by atoms with Gasteiger partial charge in [-0.25, -0.2) is 9.18 Å². The lowest BCUT2D eigenvalue weighted by Crippen LogP contribution is -2.44. The molecule has 1 saturated heterocycles. The molecule has 0 aromatic heterocycles. The minimum atomic E-state index is -1.32. The van der Waals surface area contributed by atoms with Crippen molar-refractivity contribution in [1.82, 2.24) is 4.90 Å². The summed E-state index contributed by atoms with van der Waals surface area (Å²) in [6.45, 7) is 0.357. The Kier molecular flexibility index (Phi) is 6.20. The number of ether oxygens (including phenoxy) is 1. The average molecular weight is 431 g/mol. The van der Waals surface area contributed by atoms with Gasteiger partial charge in [-0.15, -0.1) is 0 Å². The predicted molar refractivity (Wildman–Crippen MR) is 117 cm³/mol. The van der Waals surface area contributed by atoms with E-state index in [1.54, 1.807) is 4.90 Å². The van der Waals surface area contributed by atoms with E-state index in [-0.39, 0.29) is 18.7 Å². The van der Waals surface area contributed by atoms with E-state index in [4.69, 9.17) is 14.7 Å². The summed E-state index contributed by atoms with van der Waals surface area (Å²) in [4.78, 5) is 14.2. The third-order valence-electron chi connectivity index (χ3n) is 5.78. The van der Waals surface area contributed by atoms with Crippen molar-refractivity contribution in [3.63, 3.8) is 0 Å². The normalized spacial score (nSPS) is 22.0. The third-order valence-corrected chi connectivity index (χ3v) is 6.14. The van der Waals surface area contributed by atoms with Gasteiger partial charge in [-0.1, -0.05) is 36.4 Å². The molecule has 1 aliphatic heterocycles.